The smallest absolute Gasteiger partial charge is 0.0935 e. The van der Waals surface area contributed by atoms with Crippen LogP contribution in [-0.4, -0.2) is 30.7 Å². The third-order valence-electron chi connectivity index (χ3n) is 4.75. The van der Waals surface area contributed by atoms with E-state index in [0.29, 0.717) is 6.04 Å². The van der Waals surface area contributed by atoms with Crippen LogP contribution < -0.4 is 10.2 Å². The summed E-state index contributed by atoms with van der Waals surface area (Å²) < 4.78 is 0. The molecule has 3 nitrogen and oxygen atoms in total. The summed E-state index contributed by atoms with van der Waals surface area (Å²) in [6.45, 7) is 3.01. The fraction of sp³-hybridized carbons (Fsp3) is 0.227. The van der Waals surface area contributed by atoms with Gasteiger partial charge in [0.15, 0.2) is 0 Å². The highest BCUT2D eigenvalue weighted by atomic mass is 15.2. The minimum absolute atomic E-state index is 0.458. The van der Waals surface area contributed by atoms with E-state index in [4.69, 9.17) is 0 Å². The highest BCUT2D eigenvalue weighted by Crippen LogP contribution is 2.29. The van der Waals surface area contributed by atoms with E-state index < -0.39 is 0 Å². The fourth-order valence-corrected chi connectivity index (χ4v) is 3.55. The van der Waals surface area contributed by atoms with Crippen LogP contribution in [0.4, 0.5) is 5.69 Å². The summed E-state index contributed by atoms with van der Waals surface area (Å²) in [5, 5.41) is 3.66. The number of aromatic nitrogens is 1. The molecular formula is C22H23N3. The molecular weight excluding hydrogens is 306 g/mol. The van der Waals surface area contributed by atoms with Crippen molar-refractivity contribution in [3.8, 4) is 11.3 Å². The van der Waals surface area contributed by atoms with Crippen LogP contribution in [0.5, 0.6) is 0 Å². The van der Waals surface area contributed by atoms with E-state index in [0.717, 1.165) is 31.7 Å². The number of anilines is 1. The van der Waals surface area contributed by atoms with Gasteiger partial charge in [0.05, 0.1) is 11.4 Å². The summed E-state index contributed by atoms with van der Waals surface area (Å²) in [7, 11) is 0. The van der Waals surface area contributed by atoms with Crippen molar-refractivity contribution >= 4 is 5.69 Å². The number of hydrogen-bond acceptors (Lipinski definition) is 3. The monoisotopic (exact) mass is 329 g/mol. The third kappa shape index (κ3) is 3.72. The van der Waals surface area contributed by atoms with Crippen LogP contribution in [0.2, 0.25) is 0 Å². The van der Waals surface area contributed by atoms with Gasteiger partial charge in [-0.15, -0.1) is 0 Å². The number of piperazine rings is 1. The predicted molar refractivity (Wildman–Crippen MR) is 104 cm³/mol. The predicted octanol–water partition coefficient (Wildman–Crippen LogP) is 3.77. The van der Waals surface area contributed by atoms with E-state index in [-0.39, 0.29) is 0 Å². The van der Waals surface area contributed by atoms with Crippen molar-refractivity contribution in [1.29, 1.82) is 0 Å². The Morgan fingerprint density at radius 3 is 2.48 bits per heavy atom. The first-order valence-corrected chi connectivity index (χ1v) is 8.93. The largest absolute Gasteiger partial charge is 0.367 e. The molecule has 4 rings (SSSR count). The van der Waals surface area contributed by atoms with E-state index in [1.807, 2.05) is 18.3 Å². The van der Waals surface area contributed by atoms with Crippen LogP contribution in [0.15, 0.2) is 79.0 Å². The van der Waals surface area contributed by atoms with Gasteiger partial charge in [0.2, 0.25) is 0 Å². The Morgan fingerprint density at radius 2 is 1.68 bits per heavy atom. The lowest BCUT2D eigenvalue weighted by Crippen LogP contribution is -2.51. The van der Waals surface area contributed by atoms with Crippen LogP contribution >= 0.6 is 0 Å². The van der Waals surface area contributed by atoms with Crippen molar-refractivity contribution < 1.29 is 0 Å². The van der Waals surface area contributed by atoms with Gasteiger partial charge in [0, 0.05) is 37.4 Å². The lowest BCUT2D eigenvalue weighted by molar-refractivity contribution is 0.455. The maximum Gasteiger partial charge on any atom is 0.0935 e. The van der Waals surface area contributed by atoms with Gasteiger partial charge in [-0.1, -0.05) is 60.7 Å². The van der Waals surface area contributed by atoms with Crippen LogP contribution in [0.3, 0.4) is 0 Å². The Bertz CT molecular complexity index is 802. The molecule has 1 fully saturated rings. The van der Waals surface area contributed by atoms with Crippen molar-refractivity contribution in [1.82, 2.24) is 10.3 Å². The van der Waals surface area contributed by atoms with Gasteiger partial charge in [0.25, 0.3) is 0 Å². The first-order chi connectivity index (χ1) is 12.4. The Kier molecular flexibility index (Phi) is 4.75. The SMILES string of the molecule is c1ccc(CC2CN(c3cccnc3-c3ccccc3)CCN2)cc1. The van der Waals surface area contributed by atoms with Crippen molar-refractivity contribution in [2.24, 2.45) is 0 Å². The first kappa shape index (κ1) is 15.9. The molecule has 2 heterocycles. The molecule has 0 spiro atoms. The average Bonchev–Trinajstić information content (AvgIpc) is 2.70. The van der Waals surface area contributed by atoms with Crippen LogP contribution in [0.25, 0.3) is 11.3 Å². The van der Waals surface area contributed by atoms with Gasteiger partial charge in [-0.3, -0.25) is 4.98 Å². The molecule has 1 N–H and O–H groups in total. The Hall–Kier alpha value is -2.65. The lowest BCUT2D eigenvalue weighted by atomic mass is 10.0. The molecule has 1 aliphatic rings. The minimum Gasteiger partial charge on any atom is -0.367 e. The second-order valence-corrected chi connectivity index (χ2v) is 6.52. The Balaban J connectivity index is 1.56. The summed E-state index contributed by atoms with van der Waals surface area (Å²) in [6.07, 6.45) is 2.94. The molecule has 3 aromatic rings. The number of hydrogen-bond donors (Lipinski definition) is 1. The molecule has 0 saturated carbocycles. The molecule has 0 bridgehead atoms. The van der Waals surface area contributed by atoms with Crippen molar-refractivity contribution in [2.45, 2.75) is 12.5 Å². The second kappa shape index (κ2) is 7.49. The second-order valence-electron chi connectivity index (χ2n) is 6.52. The standard InChI is InChI=1S/C22H23N3/c1-3-8-18(9-4-1)16-20-17-25(15-14-23-20)21-12-7-13-24-22(21)19-10-5-2-6-11-19/h1-13,20,23H,14-17H2. The summed E-state index contributed by atoms with van der Waals surface area (Å²) >= 11 is 0. The summed E-state index contributed by atoms with van der Waals surface area (Å²) in [5.74, 6) is 0. The van der Waals surface area contributed by atoms with Gasteiger partial charge in [0.1, 0.15) is 0 Å². The van der Waals surface area contributed by atoms with E-state index in [1.54, 1.807) is 0 Å². The quantitative estimate of drug-likeness (QED) is 0.790. The maximum absolute atomic E-state index is 4.67. The van der Waals surface area contributed by atoms with Gasteiger partial charge in [-0.25, -0.2) is 0 Å². The molecule has 0 amide bonds. The van der Waals surface area contributed by atoms with E-state index in [2.05, 4.69) is 75.9 Å². The zero-order valence-corrected chi connectivity index (χ0v) is 14.3. The molecule has 1 saturated heterocycles. The van der Waals surface area contributed by atoms with Gasteiger partial charge >= 0.3 is 0 Å². The van der Waals surface area contributed by atoms with E-state index in [9.17, 15) is 0 Å². The number of rotatable bonds is 4. The van der Waals surface area contributed by atoms with Crippen molar-refractivity contribution in [3.05, 3.63) is 84.6 Å². The van der Waals surface area contributed by atoms with Crippen molar-refractivity contribution in [2.75, 3.05) is 24.5 Å². The van der Waals surface area contributed by atoms with Crippen LogP contribution in [-0.2, 0) is 6.42 Å². The molecule has 0 radical (unpaired) electrons. The molecule has 2 aromatic carbocycles. The van der Waals surface area contributed by atoms with Crippen LogP contribution in [0, 0.1) is 0 Å². The Labute approximate surface area is 149 Å². The molecule has 1 unspecified atom stereocenters. The van der Waals surface area contributed by atoms with Gasteiger partial charge in [-0.05, 0) is 24.1 Å². The topological polar surface area (TPSA) is 28.2 Å². The minimum atomic E-state index is 0.458. The normalized spacial score (nSPS) is 17.4. The van der Waals surface area contributed by atoms with Crippen molar-refractivity contribution in [3.63, 3.8) is 0 Å². The van der Waals surface area contributed by atoms with Crippen LogP contribution in [0.1, 0.15) is 5.56 Å². The molecule has 25 heavy (non-hydrogen) atoms. The molecule has 0 aliphatic carbocycles. The summed E-state index contributed by atoms with van der Waals surface area (Å²) in [6, 6.07) is 25.9. The number of nitrogens with one attached hydrogen (secondary N) is 1. The lowest BCUT2D eigenvalue weighted by Gasteiger charge is -2.36. The van der Waals surface area contributed by atoms with Gasteiger partial charge < -0.3 is 10.2 Å². The zero-order valence-electron chi connectivity index (χ0n) is 14.3. The van der Waals surface area contributed by atoms with Gasteiger partial charge in [-0.2, -0.15) is 0 Å². The Morgan fingerprint density at radius 1 is 0.920 bits per heavy atom. The van der Waals surface area contributed by atoms with E-state index in [1.165, 1.54) is 16.8 Å². The molecule has 1 atom stereocenters. The maximum atomic E-state index is 4.67. The highest BCUT2D eigenvalue weighted by molar-refractivity contribution is 5.75. The number of nitrogens with zero attached hydrogens (tertiary/aromatic N) is 2. The molecule has 126 valence electrons. The fourth-order valence-electron chi connectivity index (χ4n) is 3.55. The third-order valence-corrected chi connectivity index (χ3v) is 4.75. The van der Waals surface area contributed by atoms with E-state index >= 15 is 0 Å². The highest BCUT2D eigenvalue weighted by Gasteiger charge is 2.22. The average molecular weight is 329 g/mol. The molecule has 1 aliphatic heterocycles. The summed E-state index contributed by atoms with van der Waals surface area (Å²) in [5.41, 5.74) is 4.87. The zero-order chi connectivity index (χ0) is 16.9. The molecule has 1 aromatic heterocycles. The number of benzene rings is 2. The summed E-state index contributed by atoms with van der Waals surface area (Å²) in [4.78, 5) is 7.14. The first-order valence-electron chi connectivity index (χ1n) is 8.93. The molecule has 3 heteroatoms. The number of pyridine rings is 1.